The number of fused-ring (bicyclic) bond motifs is 1. The van der Waals surface area contributed by atoms with Gasteiger partial charge in [-0.2, -0.15) is 0 Å². The Morgan fingerprint density at radius 2 is 1.83 bits per heavy atom. The molecular formula is C41H52ClN3O7. The monoisotopic (exact) mass is 733 g/mol. The molecule has 3 saturated heterocycles. The number of benzene rings is 2. The second-order valence-electron chi connectivity index (χ2n) is 14.8. The van der Waals surface area contributed by atoms with E-state index in [0.29, 0.717) is 42.0 Å². The Morgan fingerprint density at radius 3 is 2.44 bits per heavy atom. The van der Waals surface area contributed by atoms with Gasteiger partial charge in [-0.15, -0.1) is 13.2 Å². The Kier molecular flexibility index (Phi) is 12.3. The Balaban J connectivity index is 1.55. The van der Waals surface area contributed by atoms with E-state index in [9.17, 15) is 19.5 Å². The van der Waals surface area contributed by atoms with Crippen molar-refractivity contribution in [1.82, 2.24) is 9.80 Å². The fourth-order valence-electron chi connectivity index (χ4n) is 8.51. The van der Waals surface area contributed by atoms with Gasteiger partial charge in [0.1, 0.15) is 17.7 Å². The molecule has 0 unspecified atom stereocenters. The van der Waals surface area contributed by atoms with Crippen molar-refractivity contribution in [3.05, 3.63) is 90.0 Å². The Bertz CT molecular complexity index is 1650. The maximum absolute atomic E-state index is 15.1. The van der Waals surface area contributed by atoms with Crippen LogP contribution in [0.15, 0.2) is 73.8 Å². The number of allylic oxidation sites excluding steroid dienone is 1. The van der Waals surface area contributed by atoms with Crippen molar-refractivity contribution in [1.29, 1.82) is 0 Å². The number of aryl methyl sites for hydroxylation is 1. The number of aliphatic hydroxyl groups is 1. The van der Waals surface area contributed by atoms with Crippen molar-refractivity contribution in [2.75, 3.05) is 25.1 Å². The lowest BCUT2D eigenvalue weighted by Crippen LogP contribution is -2.59. The van der Waals surface area contributed by atoms with Crippen LogP contribution < -0.4 is 4.90 Å². The molecule has 3 heterocycles. The van der Waals surface area contributed by atoms with Gasteiger partial charge in [-0.25, -0.2) is 0 Å². The van der Waals surface area contributed by atoms with Crippen molar-refractivity contribution in [3.63, 3.8) is 0 Å². The summed E-state index contributed by atoms with van der Waals surface area (Å²) < 4.78 is 13.1. The Labute approximate surface area is 312 Å². The third-order valence-corrected chi connectivity index (χ3v) is 11.3. The van der Waals surface area contributed by atoms with Crippen LogP contribution in [0.5, 0.6) is 0 Å². The smallest absolute Gasteiger partial charge is 0.313 e. The van der Waals surface area contributed by atoms with Crippen LogP contribution >= 0.6 is 11.6 Å². The van der Waals surface area contributed by atoms with Gasteiger partial charge in [0, 0.05) is 20.0 Å². The number of anilines is 1. The molecule has 3 aliphatic rings. The van der Waals surface area contributed by atoms with Gasteiger partial charge in [0.05, 0.1) is 47.3 Å². The second kappa shape index (κ2) is 16.4. The maximum Gasteiger partial charge on any atom is 0.313 e. The van der Waals surface area contributed by atoms with Crippen molar-refractivity contribution < 1.29 is 33.8 Å². The first-order valence-electron chi connectivity index (χ1n) is 18.2. The molecule has 2 aromatic carbocycles. The molecule has 3 fully saturated rings. The van der Waals surface area contributed by atoms with Crippen LogP contribution in [0.3, 0.4) is 0 Å². The van der Waals surface area contributed by atoms with Crippen molar-refractivity contribution in [2.24, 2.45) is 17.8 Å². The summed E-state index contributed by atoms with van der Waals surface area (Å²) in [5.41, 5.74) is 0.624. The third kappa shape index (κ3) is 7.17. The predicted molar refractivity (Wildman–Crippen MR) is 200 cm³/mol. The lowest BCUT2D eigenvalue weighted by Gasteiger charge is -2.40. The highest BCUT2D eigenvalue weighted by molar-refractivity contribution is 6.34. The van der Waals surface area contributed by atoms with Crippen LogP contribution in [0.25, 0.3) is 0 Å². The standard InChI is InChI=1S/C41H52ClN3O7/c1-8-10-19-32(47)43(7)27(6)36(28-16-12-11-13-17-28)51-40(50)33-31-20-21-41(52-31)34(33)38(48)45(29(24-46)23-25(3)4)37(41)39(49)44(22-9-2)35-26(5)15-14-18-30(35)42/h8-9,11-18,25,27,29,31,33-34,36-37,46H,1-2,10,19-24H2,3-7H3/t27-,29-,31+,33-,34-,36+,37+,41-/m1/s1. The molecule has 5 rings (SSSR count). The quantitative estimate of drug-likeness (QED) is 0.165. The van der Waals surface area contributed by atoms with Crippen LogP contribution in [0.2, 0.25) is 5.02 Å². The van der Waals surface area contributed by atoms with Gasteiger partial charge < -0.3 is 29.3 Å². The minimum Gasteiger partial charge on any atom is -0.455 e. The van der Waals surface area contributed by atoms with Crippen molar-refractivity contribution in [2.45, 2.75) is 95.7 Å². The Hall–Kier alpha value is -3.99. The number of halogens is 1. The molecule has 2 aromatic rings. The van der Waals surface area contributed by atoms with Crippen LogP contribution in [-0.4, -0.2) is 88.6 Å². The van der Waals surface area contributed by atoms with Crippen LogP contribution in [0.4, 0.5) is 5.69 Å². The molecule has 10 nitrogen and oxygen atoms in total. The van der Waals surface area contributed by atoms with Gasteiger partial charge in [0.15, 0.2) is 0 Å². The SMILES string of the molecule is C=CCCC(=O)N(C)[C@H](C)[C@H](OC(=O)[C@@H]1[C@@H]2CC[C@]3(O2)[C@H](C(=O)N(CC=C)c2c(C)cccc2Cl)N([C@@H](CO)CC(C)C)C(=O)[C@@H]13)c1ccccc1. The largest absolute Gasteiger partial charge is 0.455 e. The van der Waals surface area contributed by atoms with Crippen LogP contribution in [0.1, 0.15) is 70.1 Å². The van der Waals surface area contributed by atoms with Gasteiger partial charge >= 0.3 is 5.97 Å². The number of nitrogens with zero attached hydrogens (tertiary/aromatic N) is 3. The first kappa shape index (κ1) is 39.2. The topological polar surface area (TPSA) is 117 Å². The molecule has 2 bridgehead atoms. The highest BCUT2D eigenvalue weighted by Crippen LogP contribution is 2.60. The number of hydrogen-bond donors (Lipinski definition) is 1. The molecule has 52 heavy (non-hydrogen) atoms. The average molecular weight is 734 g/mol. The molecule has 0 aromatic heterocycles. The van der Waals surface area contributed by atoms with Gasteiger partial charge in [0.25, 0.3) is 5.91 Å². The number of esters is 1. The summed E-state index contributed by atoms with van der Waals surface area (Å²) in [6, 6.07) is 12.2. The molecule has 8 atom stereocenters. The maximum atomic E-state index is 15.1. The second-order valence-corrected chi connectivity index (χ2v) is 15.2. The molecule has 11 heteroatoms. The molecule has 1 N–H and O–H groups in total. The molecule has 0 radical (unpaired) electrons. The number of likely N-dealkylation sites (N-methyl/N-ethyl adjacent to an activating group) is 1. The number of para-hydroxylation sites is 1. The summed E-state index contributed by atoms with van der Waals surface area (Å²) >= 11 is 6.71. The predicted octanol–water partition coefficient (Wildman–Crippen LogP) is 6.05. The van der Waals surface area contributed by atoms with E-state index < -0.39 is 65.6 Å². The summed E-state index contributed by atoms with van der Waals surface area (Å²) in [5, 5.41) is 11.1. The summed E-state index contributed by atoms with van der Waals surface area (Å²) in [5.74, 6) is -3.52. The third-order valence-electron chi connectivity index (χ3n) is 11.0. The summed E-state index contributed by atoms with van der Waals surface area (Å²) in [7, 11) is 1.68. The van der Waals surface area contributed by atoms with Crippen molar-refractivity contribution in [3.8, 4) is 0 Å². The molecule has 0 saturated carbocycles. The number of likely N-dealkylation sites (tertiary alicyclic amines) is 1. The first-order valence-corrected chi connectivity index (χ1v) is 18.6. The number of amides is 3. The van der Waals surface area contributed by atoms with Gasteiger partial charge in [-0.3, -0.25) is 19.2 Å². The van der Waals surface area contributed by atoms with Gasteiger partial charge in [0.2, 0.25) is 11.8 Å². The molecule has 3 amide bonds. The number of carbonyl (C=O) groups excluding carboxylic acids is 4. The lowest BCUT2D eigenvalue weighted by molar-refractivity contribution is -0.165. The first-order chi connectivity index (χ1) is 24.8. The summed E-state index contributed by atoms with van der Waals surface area (Å²) in [6.45, 7) is 15.0. The molecule has 0 aliphatic carbocycles. The van der Waals surface area contributed by atoms with Gasteiger partial charge in [-0.1, -0.05) is 80.1 Å². The highest BCUT2D eigenvalue weighted by atomic mass is 35.5. The number of ether oxygens (including phenoxy) is 2. The normalized spacial score (nSPS) is 25.0. The van der Waals surface area contributed by atoms with Crippen molar-refractivity contribution >= 4 is 41.0 Å². The molecular weight excluding hydrogens is 682 g/mol. The fraction of sp³-hybridized carbons (Fsp3) is 0.512. The fourth-order valence-corrected chi connectivity index (χ4v) is 8.83. The summed E-state index contributed by atoms with van der Waals surface area (Å²) in [6.07, 6.45) is 3.80. The number of hydrogen-bond acceptors (Lipinski definition) is 7. The van der Waals surface area contributed by atoms with E-state index in [-0.39, 0.29) is 31.4 Å². The zero-order chi connectivity index (χ0) is 37.9. The Morgan fingerprint density at radius 1 is 1.12 bits per heavy atom. The van der Waals surface area contributed by atoms with E-state index in [4.69, 9.17) is 21.1 Å². The van der Waals surface area contributed by atoms with E-state index in [1.165, 1.54) is 9.80 Å². The zero-order valence-electron chi connectivity index (χ0n) is 30.9. The lowest BCUT2D eigenvalue weighted by atomic mass is 9.70. The molecule has 1 spiro atoms. The average Bonchev–Trinajstić information content (AvgIpc) is 3.78. The molecule has 280 valence electrons. The highest BCUT2D eigenvalue weighted by Gasteiger charge is 2.76. The van der Waals surface area contributed by atoms with E-state index in [2.05, 4.69) is 13.2 Å². The van der Waals surface area contributed by atoms with E-state index in [0.717, 1.165) is 5.56 Å². The molecule has 3 aliphatic heterocycles. The number of aliphatic hydroxyl groups excluding tert-OH is 1. The minimum atomic E-state index is -1.34. The number of carbonyl (C=O) groups is 4. The van der Waals surface area contributed by atoms with Crippen LogP contribution in [-0.2, 0) is 28.7 Å². The number of rotatable bonds is 16. The van der Waals surface area contributed by atoms with Crippen LogP contribution in [0, 0.1) is 24.7 Å². The van der Waals surface area contributed by atoms with E-state index in [1.807, 2.05) is 64.1 Å². The van der Waals surface area contributed by atoms with E-state index >= 15 is 4.79 Å². The van der Waals surface area contributed by atoms with Gasteiger partial charge in [-0.05, 0) is 62.6 Å². The summed E-state index contributed by atoms with van der Waals surface area (Å²) in [4.78, 5) is 62.2. The zero-order valence-corrected chi connectivity index (χ0v) is 31.6. The van der Waals surface area contributed by atoms with E-state index in [1.54, 1.807) is 36.2 Å². The minimum absolute atomic E-state index is 0.0889.